The van der Waals surface area contributed by atoms with Gasteiger partial charge in [-0.2, -0.15) is 0 Å². The minimum atomic E-state index is -0.459. The van der Waals surface area contributed by atoms with E-state index in [0.29, 0.717) is 23.1 Å². The Morgan fingerprint density at radius 1 is 1.08 bits per heavy atom. The molecule has 1 aliphatic heterocycles. The molecular formula is C20H17NO4. The highest BCUT2D eigenvalue weighted by Gasteiger charge is 2.40. The predicted octanol–water partition coefficient (Wildman–Crippen LogP) is 3.37. The van der Waals surface area contributed by atoms with Crippen LogP contribution < -0.4 is 10.2 Å². The molecule has 0 N–H and O–H groups in total. The van der Waals surface area contributed by atoms with Crippen LogP contribution >= 0.6 is 0 Å². The monoisotopic (exact) mass is 335 g/mol. The highest BCUT2D eigenvalue weighted by atomic mass is 16.5. The summed E-state index contributed by atoms with van der Waals surface area (Å²) < 4.78 is 11.2. The lowest BCUT2D eigenvalue weighted by Crippen LogP contribution is -2.25. The van der Waals surface area contributed by atoms with Crippen LogP contribution in [0.25, 0.3) is 11.0 Å². The van der Waals surface area contributed by atoms with Gasteiger partial charge in [0.15, 0.2) is 5.43 Å². The van der Waals surface area contributed by atoms with Gasteiger partial charge in [-0.25, -0.2) is 0 Å². The molecule has 2 aromatic carbocycles. The lowest BCUT2D eigenvalue weighted by molar-refractivity contribution is 0.0771. The van der Waals surface area contributed by atoms with Crippen LogP contribution in [-0.4, -0.2) is 24.5 Å². The Labute approximate surface area is 144 Å². The van der Waals surface area contributed by atoms with Crippen LogP contribution in [0.5, 0.6) is 5.75 Å². The van der Waals surface area contributed by atoms with Gasteiger partial charge in [0.1, 0.15) is 11.3 Å². The van der Waals surface area contributed by atoms with E-state index < -0.39 is 6.04 Å². The Morgan fingerprint density at radius 3 is 2.52 bits per heavy atom. The second-order valence-corrected chi connectivity index (χ2v) is 5.99. The summed E-state index contributed by atoms with van der Waals surface area (Å²) in [7, 11) is 1.68. The van der Waals surface area contributed by atoms with Gasteiger partial charge in [-0.15, -0.1) is 0 Å². The highest BCUT2D eigenvalue weighted by Crippen LogP contribution is 2.37. The van der Waals surface area contributed by atoms with Crippen molar-refractivity contribution in [1.82, 2.24) is 4.90 Å². The van der Waals surface area contributed by atoms with E-state index in [1.165, 1.54) is 0 Å². The maximum atomic E-state index is 13.0. The van der Waals surface area contributed by atoms with Crippen molar-refractivity contribution in [2.75, 3.05) is 13.7 Å². The first kappa shape index (κ1) is 15.4. The quantitative estimate of drug-likeness (QED) is 0.736. The van der Waals surface area contributed by atoms with Crippen molar-refractivity contribution in [3.05, 3.63) is 75.6 Å². The van der Waals surface area contributed by atoms with Crippen LogP contribution in [0.2, 0.25) is 0 Å². The molecule has 0 saturated carbocycles. The molecule has 0 unspecified atom stereocenters. The summed E-state index contributed by atoms with van der Waals surface area (Å²) in [4.78, 5) is 27.2. The number of rotatable bonds is 3. The largest absolute Gasteiger partial charge is 0.494 e. The number of nitrogens with zero attached hydrogens (tertiary/aromatic N) is 1. The fourth-order valence-electron chi connectivity index (χ4n) is 3.34. The van der Waals surface area contributed by atoms with Crippen molar-refractivity contribution in [3.63, 3.8) is 0 Å². The van der Waals surface area contributed by atoms with Crippen molar-refractivity contribution < 1.29 is 13.9 Å². The number of amides is 1. The molecule has 5 heteroatoms. The topological polar surface area (TPSA) is 59.8 Å². The van der Waals surface area contributed by atoms with Gasteiger partial charge >= 0.3 is 0 Å². The van der Waals surface area contributed by atoms with E-state index in [1.54, 1.807) is 36.2 Å². The molecule has 1 aliphatic rings. The number of para-hydroxylation sites is 1. The van der Waals surface area contributed by atoms with Crippen LogP contribution in [0.3, 0.4) is 0 Å². The van der Waals surface area contributed by atoms with Gasteiger partial charge in [-0.1, -0.05) is 24.3 Å². The smallest absolute Gasteiger partial charge is 0.290 e. The summed E-state index contributed by atoms with van der Waals surface area (Å²) in [5.74, 6) is 0.603. The molecule has 3 aromatic rings. The van der Waals surface area contributed by atoms with E-state index in [-0.39, 0.29) is 17.1 Å². The second kappa shape index (κ2) is 5.77. The Morgan fingerprint density at radius 2 is 1.80 bits per heavy atom. The molecule has 2 heterocycles. The molecule has 0 bridgehead atoms. The van der Waals surface area contributed by atoms with Gasteiger partial charge in [0, 0.05) is 7.05 Å². The number of hydrogen-bond donors (Lipinski definition) is 0. The van der Waals surface area contributed by atoms with E-state index in [0.717, 1.165) is 11.3 Å². The van der Waals surface area contributed by atoms with Gasteiger partial charge in [-0.05, 0) is 36.8 Å². The SMILES string of the molecule is CCOc1ccc([C@H]2c3c(oc4ccccc4c3=O)C(=O)N2C)cc1. The van der Waals surface area contributed by atoms with Gasteiger partial charge in [0.2, 0.25) is 5.76 Å². The van der Waals surface area contributed by atoms with Crippen molar-refractivity contribution in [3.8, 4) is 5.75 Å². The average molecular weight is 335 g/mol. The van der Waals surface area contributed by atoms with Gasteiger partial charge in [0.05, 0.1) is 23.6 Å². The number of hydrogen-bond acceptors (Lipinski definition) is 4. The number of carbonyl (C=O) groups excluding carboxylic acids is 1. The molecule has 0 spiro atoms. The van der Waals surface area contributed by atoms with Crippen molar-refractivity contribution >= 4 is 16.9 Å². The maximum Gasteiger partial charge on any atom is 0.290 e. The summed E-state index contributed by atoms with van der Waals surface area (Å²) in [6.07, 6.45) is 0. The molecule has 0 saturated heterocycles. The molecule has 126 valence electrons. The lowest BCUT2D eigenvalue weighted by Gasteiger charge is -2.20. The normalized spacial score (nSPS) is 16.3. The molecule has 5 nitrogen and oxygen atoms in total. The van der Waals surface area contributed by atoms with E-state index in [1.807, 2.05) is 31.2 Å². The summed E-state index contributed by atoms with van der Waals surface area (Å²) in [6.45, 7) is 2.50. The molecular weight excluding hydrogens is 318 g/mol. The van der Waals surface area contributed by atoms with Crippen LogP contribution in [0.1, 0.15) is 34.6 Å². The molecule has 0 aliphatic carbocycles. The van der Waals surface area contributed by atoms with Gasteiger partial charge < -0.3 is 14.1 Å². The zero-order chi connectivity index (χ0) is 17.6. The Bertz CT molecular complexity index is 1020. The number of fused-ring (bicyclic) bond motifs is 2. The standard InChI is InChI=1S/C20H17NO4/c1-3-24-13-10-8-12(9-11-13)17-16-18(22)14-6-4-5-7-15(14)25-19(16)20(23)21(17)2/h4-11,17H,3H2,1-2H3/t17-/m0/s1. The first-order valence-corrected chi connectivity index (χ1v) is 8.17. The van der Waals surface area contributed by atoms with Crippen LogP contribution in [-0.2, 0) is 0 Å². The Balaban J connectivity index is 1.90. The summed E-state index contributed by atoms with van der Waals surface area (Å²) in [5.41, 5.74) is 1.52. The fraction of sp³-hybridized carbons (Fsp3) is 0.200. The van der Waals surface area contributed by atoms with Crippen molar-refractivity contribution in [2.24, 2.45) is 0 Å². The van der Waals surface area contributed by atoms with Crippen LogP contribution in [0.15, 0.2) is 57.7 Å². The van der Waals surface area contributed by atoms with Crippen molar-refractivity contribution in [1.29, 1.82) is 0 Å². The average Bonchev–Trinajstić information content (AvgIpc) is 2.88. The number of ether oxygens (including phenoxy) is 1. The molecule has 1 amide bonds. The van der Waals surface area contributed by atoms with Crippen molar-refractivity contribution in [2.45, 2.75) is 13.0 Å². The Kier molecular flexibility index (Phi) is 3.57. The second-order valence-electron chi connectivity index (χ2n) is 5.99. The lowest BCUT2D eigenvalue weighted by atomic mass is 9.99. The summed E-state index contributed by atoms with van der Waals surface area (Å²) >= 11 is 0. The number of carbonyl (C=O) groups is 1. The zero-order valence-electron chi connectivity index (χ0n) is 14.0. The Hall–Kier alpha value is -3.08. The van der Waals surface area contributed by atoms with E-state index in [2.05, 4.69) is 0 Å². The van der Waals surface area contributed by atoms with Gasteiger partial charge in [0.25, 0.3) is 5.91 Å². The van der Waals surface area contributed by atoms with Crippen LogP contribution in [0, 0.1) is 0 Å². The molecule has 1 aromatic heterocycles. The molecule has 25 heavy (non-hydrogen) atoms. The van der Waals surface area contributed by atoms with E-state index in [9.17, 15) is 9.59 Å². The molecule has 0 fully saturated rings. The minimum Gasteiger partial charge on any atom is -0.494 e. The predicted molar refractivity (Wildman–Crippen MR) is 94.0 cm³/mol. The zero-order valence-corrected chi connectivity index (χ0v) is 14.0. The van der Waals surface area contributed by atoms with Crippen LogP contribution in [0.4, 0.5) is 0 Å². The first-order chi connectivity index (χ1) is 12.1. The molecule has 0 radical (unpaired) electrons. The first-order valence-electron chi connectivity index (χ1n) is 8.17. The maximum absolute atomic E-state index is 13.0. The summed E-state index contributed by atoms with van der Waals surface area (Å²) in [5, 5.41) is 0.486. The highest BCUT2D eigenvalue weighted by molar-refractivity contribution is 5.98. The van der Waals surface area contributed by atoms with E-state index >= 15 is 0 Å². The third-order valence-electron chi connectivity index (χ3n) is 4.52. The third kappa shape index (κ3) is 2.31. The summed E-state index contributed by atoms with van der Waals surface area (Å²) in [6, 6.07) is 14.0. The minimum absolute atomic E-state index is 0.130. The fourth-order valence-corrected chi connectivity index (χ4v) is 3.34. The third-order valence-corrected chi connectivity index (χ3v) is 4.52. The molecule has 4 rings (SSSR count). The molecule has 1 atom stereocenters. The number of benzene rings is 2. The van der Waals surface area contributed by atoms with Gasteiger partial charge in [-0.3, -0.25) is 9.59 Å². The van der Waals surface area contributed by atoms with E-state index in [4.69, 9.17) is 9.15 Å².